The molecule has 0 spiro atoms. The number of hydrogen-bond donors (Lipinski definition) is 4. The van der Waals surface area contributed by atoms with Crippen LogP contribution >= 0.6 is 23.2 Å². The minimum absolute atomic E-state index is 0.00166. The summed E-state index contributed by atoms with van der Waals surface area (Å²) in [6, 6.07) is 9.76. The molecule has 13 heteroatoms. The average Bonchev–Trinajstić information content (AvgIpc) is 3.93. The molecule has 0 bridgehead atoms. The van der Waals surface area contributed by atoms with Crippen molar-refractivity contribution in [3.8, 4) is 22.4 Å². The Labute approximate surface area is 267 Å². The van der Waals surface area contributed by atoms with Crippen LogP contribution in [0.25, 0.3) is 22.4 Å². The maximum absolute atomic E-state index is 13.3. The van der Waals surface area contributed by atoms with Crippen LogP contribution in [0.15, 0.2) is 53.6 Å². The van der Waals surface area contributed by atoms with Crippen LogP contribution in [-0.4, -0.2) is 32.6 Å². The van der Waals surface area contributed by atoms with E-state index in [4.69, 9.17) is 34.7 Å². The van der Waals surface area contributed by atoms with Crippen molar-refractivity contribution in [1.82, 2.24) is 14.8 Å². The Balaban J connectivity index is 1.48. The number of aryl methyl sites for hydroxylation is 1. The highest BCUT2D eigenvalue weighted by Gasteiger charge is 2.35. The molecule has 11 nitrogen and oxygen atoms in total. The van der Waals surface area contributed by atoms with E-state index in [2.05, 4.69) is 20.7 Å². The Hall–Kier alpha value is -4.74. The smallest absolute Gasteiger partial charge is 0.323 e. The van der Waals surface area contributed by atoms with Gasteiger partial charge in [-0.25, -0.2) is 9.48 Å². The minimum Gasteiger partial charge on any atom is -0.366 e. The number of amides is 4. The number of nitrogens with one attached hydrogen (secondary N) is 2. The summed E-state index contributed by atoms with van der Waals surface area (Å²) in [7, 11) is 0. The maximum Gasteiger partial charge on any atom is 0.323 e. The quantitative estimate of drug-likeness (QED) is 0.176. The summed E-state index contributed by atoms with van der Waals surface area (Å²) in [5.74, 6) is -0.968. The van der Waals surface area contributed by atoms with E-state index in [-0.39, 0.29) is 45.4 Å². The van der Waals surface area contributed by atoms with E-state index in [0.29, 0.717) is 11.3 Å². The second-order valence-corrected chi connectivity index (χ2v) is 12.0. The van der Waals surface area contributed by atoms with Gasteiger partial charge in [-0.1, -0.05) is 41.4 Å². The number of urea groups is 1. The summed E-state index contributed by atoms with van der Waals surface area (Å²) in [5.41, 5.74) is 16.2. The molecule has 2 saturated carbocycles. The number of carbonyl (C=O) groups is 3. The Morgan fingerprint density at radius 3 is 2.13 bits per heavy atom. The minimum atomic E-state index is -0.727. The molecule has 4 aromatic rings. The van der Waals surface area contributed by atoms with Crippen LogP contribution in [-0.2, 0) is 6.54 Å². The average molecular weight is 647 g/mol. The number of pyridine rings is 1. The fourth-order valence-electron chi connectivity index (χ4n) is 5.64. The monoisotopic (exact) mass is 645 g/mol. The van der Waals surface area contributed by atoms with Gasteiger partial charge in [0.25, 0.3) is 5.56 Å². The third-order valence-corrected chi connectivity index (χ3v) is 8.56. The van der Waals surface area contributed by atoms with E-state index < -0.39 is 23.4 Å². The number of nitrogens with two attached hydrogens (primary N) is 2. The SMILES string of the molecule is CCn1nc(-c2cccc(-c3cc(C(N)=O)cc(C(N)=O)c3C3CC3)c2C2CC2)cc(NC(=O)Nc2c(Cl)cncc2Cl)c1=O. The molecule has 2 aliphatic rings. The Kier molecular flexibility index (Phi) is 8.07. The van der Waals surface area contributed by atoms with Gasteiger partial charge in [0.1, 0.15) is 5.69 Å². The molecule has 0 saturated heterocycles. The van der Waals surface area contributed by atoms with Crippen LogP contribution < -0.4 is 27.7 Å². The molecular weight excluding hydrogens is 617 g/mol. The Morgan fingerprint density at radius 1 is 0.889 bits per heavy atom. The number of rotatable bonds is 9. The van der Waals surface area contributed by atoms with Gasteiger partial charge in [0.2, 0.25) is 11.8 Å². The van der Waals surface area contributed by atoms with E-state index in [1.165, 1.54) is 29.2 Å². The molecule has 0 aliphatic heterocycles. The van der Waals surface area contributed by atoms with Gasteiger partial charge in [0.05, 0.1) is 21.4 Å². The summed E-state index contributed by atoms with van der Waals surface area (Å²) in [6.45, 7) is 2.03. The second-order valence-electron chi connectivity index (χ2n) is 11.2. The van der Waals surface area contributed by atoms with E-state index >= 15 is 0 Å². The van der Waals surface area contributed by atoms with E-state index in [9.17, 15) is 19.2 Å². The number of benzene rings is 2. The fourth-order valence-corrected chi connectivity index (χ4v) is 6.10. The number of aromatic nitrogens is 3. The van der Waals surface area contributed by atoms with E-state index in [0.717, 1.165) is 53.5 Å². The molecule has 6 N–H and O–H groups in total. The highest BCUT2D eigenvalue weighted by Crippen LogP contribution is 2.52. The van der Waals surface area contributed by atoms with Gasteiger partial charge in [-0.3, -0.25) is 19.4 Å². The van der Waals surface area contributed by atoms with Crippen molar-refractivity contribution in [2.75, 3.05) is 10.6 Å². The largest absolute Gasteiger partial charge is 0.366 e. The number of nitrogens with zero attached hydrogens (tertiary/aromatic N) is 3. The number of hydrogen-bond acceptors (Lipinski definition) is 6. The lowest BCUT2D eigenvalue weighted by molar-refractivity contribution is 0.0998. The van der Waals surface area contributed by atoms with Crippen molar-refractivity contribution in [1.29, 1.82) is 0 Å². The molecule has 2 aromatic heterocycles. The van der Waals surface area contributed by atoms with Crippen LogP contribution in [0.5, 0.6) is 0 Å². The van der Waals surface area contributed by atoms with Gasteiger partial charge in [-0.15, -0.1) is 0 Å². The molecular formula is C32H29Cl2N7O4. The van der Waals surface area contributed by atoms with Gasteiger partial charge in [0.15, 0.2) is 0 Å². The molecule has 2 aromatic carbocycles. The first-order valence-corrected chi connectivity index (χ1v) is 15.2. The zero-order valence-electron chi connectivity index (χ0n) is 24.2. The summed E-state index contributed by atoms with van der Waals surface area (Å²) in [5, 5.41) is 10.1. The molecule has 4 amide bonds. The third kappa shape index (κ3) is 6.01. The van der Waals surface area contributed by atoms with Gasteiger partial charge < -0.3 is 22.1 Å². The van der Waals surface area contributed by atoms with Crippen LogP contribution in [0.2, 0.25) is 10.0 Å². The molecule has 2 heterocycles. The van der Waals surface area contributed by atoms with Crippen LogP contribution in [0.4, 0.5) is 16.2 Å². The highest BCUT2D eigenvalue weighted by molar-refractivity contribution is 6.39. The molecule has 0 unspecified atom stereocenters. The van der Waals surface area contributed by atoms with Crippen LogP contribution in [0.1, 0.15) is 76.3 Å². The molecule has 230 valence electrons. The highest BCUT2D eigenvalue weighted by atomic mass is 35.5. The van der Waals surface area contributed by atoms with Crippen molar-refractivity contribution in [3.63, 3.8) is 0 Å². The predicted molar refractivity (Wildman–Crippen MR) is 173 cm³/mol. The first kappa shape index (κ1) is 30.3. The lowest BCUT2D eigenvalue weighted by atomic mass is 9.84. The number of carbonyl (C=O) groups excluding carboxylic acids is 3. The summed E-state index contributed by atoms with van der Waals surface area (Å²) < 4.78 is 1.27. The zero-order valence-corrected chi connectivity index (χ0v) is 25.7. The lowest BCUT2D eigenvalue weighted by Crippen LogP contribution is -2.30. The molecule has 6 rings (SSSR count). The Bertz CT molecular complexity index is 1930. The van der Waals surface area contributed by atoms with Crippen molar-refractivity contribution in [3.05, 3.63) is 91.4 Å². The van der Waals surface area contributed by atoms with Crippen molar-refractivity contribution < 1.29 is 14.4 Å². The summed E-state index contributed by atoms with van der Waals surface area (Å²) in [4.78, 5) is 55.0. The number of anilines is 2. The predicted octanol–water partition coefficient (Wildman–Crippen LogP) is 5.90. The summed E-state index contributed by atoms with van der Waals surface area (Å²) >= 11 is 12.3. The number of halogens is 2. The standard InChI is InChI=1S/C32H29Cl2N7O4/c1-2-41-31(44)25(38-32(45)39-28-22(33)13-37-14-23(28)34)12-24(40-41)19-5-3-4-18(26(19)15-6-7-15)20-10-17(29(35)42)11-21(30(36)43)27(20)16-8-9-16/h3-5,10-16H,2,6-9H2,1H3,(H2,35,42)(H2,36,43)(H2,37,38,39,45). The zero-order chi connectivity index (χ0) is 32.0. The van der Waals surface area contributed by atoms with Crippen molar-refractivity contribution >= 4 is 52.4 Å². The lowest BCUT2D eigenvalue weighted by Gasteiger charge is -2.20. The molecule has 2 aliphatic carbocycles. The first-order chi connectivity index (χ1) is 21.6. The third-order valence-electron chi connectivity index (χ3n) is 7.99. The Morgan fingerprint density at radius 2 is 1.53 bits per heavy atom. The number of primary amides is 2. The molecule has 2 fully saturated rings. The van der Waals surface area contributed by atoms with Crippen LogP contribution in [0.3, 0.4) is 0 Å². The first-order valence-electron chi connectivity index (χ1n) is 14.5. The van der Waals surface area contributed by atoms with E-state index in [1.54, 1.807) is 13.0 Å². The van der Waals surface area contributed by atoms with E-state index in [1.807, 2.05) is 18.2 Å². The molecule has 45 heavy (non-hydrogen) atoms. The van der Waals surface area contributed by atoms with Crippen molar-refractivity contribution in [2.45, 2.75) is 51.0 Å². The topological polar surface area (TPSA) is 175 Å². The van der Waals surface area contributed by atoms with Gasteiger partial charge in [-0.2, -0.15) is 5.10 Å². The fraction of sp³-hybridized carbons (Fsp3) is 0.250. The second kappa shape index (κ2) is 12.0. The van der Waals surface area contributed by atoms with Crippen LogP contribution in [0, 0.1) is 0 Å². The van der Waals surface area contributed by atoms with Crippen molar-refractivity contribution in [2.24, 2.45) is 11.5 Å². The van der Waals surface area contributed by atoms with Gasteiger partial charge >= 0.3 is 6.03 Å². The maximum atomic E-state index is 13.3. The van der Waals surface area contributed by atoms with Gasteiger partial charge in [0, 0.05) is 35.6 Å². The normalized spacial score (nSPS) is 14.2. The molecule has 0 atom stereocenters. The molecule has 0 radical (unpaired) electrons. The summed E-state index contributed by atoms with van der Waals surface area (Å²) in [6.07, 6.45) is 6.33. The van der Waals surface area contributed by atoms with Gasteiger partial charge in [-0.05, 0) is 84.9 Å².